The Morgan fingerprint density at radius 1 is 0.848 bits per heavy atom. The highest BCUT2D eigenvalue weighted by molar-refractivity contribution is 5.95. The molecule has 0 aromatic heterocycles. The van der Waals surface area contributed by atoms with Crippen molar-refractivity contribution in [3.63, 3.8) is 0 Å². The van der Waals surface area contributed by atoms with Crippen LogP contribution in [0.1, 0.15) is 58.6 Å². The molecular weight excluding hydrogens is 428 g/mol. The van der Waals surface area contributed by atoms with Crippen LogP contribution in [0, 0.1) is 0 Å². The summed E-state index contributed by atoms with van der Waals surface area (Å²) in [6.07, 6.45) is 5.59. The largest absolute Gasteiger partial charge is 0.352 e. The van der Waals surface area contributed by atoms with E-state index in [9.17, 15) is 4.79 Å². The molecule has 1 amide bonds. The van der Waals surface area contributed by atoms with Crippen LogP contribution in [0.15, 0.2) is 72.8 Å². The van der Waals surface area contributed by atoms with Gasteiger partial charge in [-0.05, 0) is 97.6 Å². The van der Waals surface area contributed by atoms with Gasteiger partial charge in [0.2, 0.25) is 0 Å². The minimum absolute atomic E-state index is 0. The lowest BCUT2D eigenvalue weighted by Gasteiger charge is -2.32. The van der Waals surface area contributed by atoms with Gasteiger partial charge in [0.15, 0.2) is 0 Å². The van der Waals surface area contributed by atoms with Crippen LogP contribution in [0.3, 0.4) is 0 Å². The van der Waals surface area contributed by atoms with Crippen molar-refractivity contribution in [2.45, 2.75) is 38.0 Å². The van der Waals surface area contributed by atoms with Crippen molar-refractivity contribution in [1.82, 2.24) is 10.2 Å². The lowest BCUT2D eigenvalue weighted by Crippen LogP contribution is -2.34. The number of rotatable bonds is 7. The van der Waals surface area contributed by atoms with Gasteiger partial charge in [0, 0.05) is 12.1 Å². The van der Waals surface area contributed by atoms with Crippen LogP contribution < -0.4 is 5.32 Å². The first-order chi connectivity index (χ1) is 15.8. The van der Waals surface area contributed by atoms with Crippen LogP contribution >= 0.6 is 12.4 Å². The minimum Gasteiger partial charge on any atom is -0.352 e. The van der Waals surface area contributed by atoms with Crippen molar-refractivity contribution in [3.8, 4) is 11.1 Å². The van der Waals surface area contributed by atoms with Crippen LogP contribution in [0.25, 0.3) is 11.1 Å². The number of likely N-dealkylation sites (tertiary alicyclic amines) is 1. The molecule has 1 aliphatic heterocycles. The molecule has 0 unspecified atom stereocenters. The lowest BCUT2D eigenvalue weighted by molar-refractivity contribution is 0.0952. The topological polar surface area (TPSA) is 32.3 Å². The summed E-state index contributed by atoms with van der Waals surface area (Å²) >= 11 is 0. The zero-order chi connectivity index (χ0) is 21.8. The molecule has 5 rings (SSSR count). The van der Waals surface area contributed by atoms with E-state index in [1.165, 1.54) is 53.7 Å². The third kappa shape index (κ3) is 5.48. The second-order valence-electron chi connectivity index (χ2n) is 9.20. The number of nitrogens with zero attached hydrogens (tertiary/aromatic N) is 1. The van der Waals surface area contributed by atoms with E-state index in [0.717, 1.165) is 37.9 Å². The molecule has 2 aliphatic rings. The van der Waals surface area contributed by atoms with Crippen LogP contribution in [0.4, 0.5) is 0 Å². The summed E-state index contributed by atoms with van der Waals surface area (Å²) in [7, 11) is 0. The highest BCUT2D eigenvalue weighted by Gasteiger charge is 2.21. The van der Waals surface area contributed by atoms with E-state index in [1.807, 2.05) is 6.07 Å². The Balaban J connectivity index is 0.00000259. The fourth-order valence-corrected chi connectivity index (χ4v) is 5.27. The van der Waals surface area contributed by atoms with E-state index in [2.05, 4.69) is 76.9 Å². The Morgan fingerprint density at radius 3 is 2.39 bits per heavy atom. The molecule has 0 bridgehead atoms. The highest BCUT2D eigenvalue weighted by Crippen LogP contribution is 2.36. The number of amides is 1. The van der Waals surface area contributed by atoms with Gasteiger partial charge in [-0.3, -0.25) is 4.79 Å². The molecule has 0 atom stereocenters. The van der Waals surface area contributed by atoms with Crippen molar-refractivity contribution in [3.05, 3.63) is 95.1 Å². The van der Waals surface area contributed by atoms with Crippen LogP contribution in [0.5, 0.6) is 0 Å². The van der Waals surface area contributed by atoms with Gasteiger partial charge >= 0.3 is 0 Å². The molecule has 4 heteroatoms. The summed E-state index contributed by atoms with van der Waals surface area (Å²) < 4.78 is 0. The molecule has 1 saturated heterocycles. The molecule has 0 saturated carbocycles. The van der Waals surface area contributed by atoms with Crippen molar-refractivity contribution in [1.29, 1.82) is 0 Å². The number of unbranched alkanes of at least 4 members (excludes halogenated alkanes) is 1. The van der Waals surface area contributed by atoms with E-state index >= 15 is 0 Å². The number of piperidine rings is 1. The number of carbonyl (C=O) groups excluding carboxylic acids is 1. The van der Waals surface area contributed by atoms with Gasteiger partial charge in [0.1, 0.15) is 0 Å². The number of hydrogen-bond acceptors (Lipinski definition) is 2. The smallest absolute Gasteiger partial charge is 0.251 e. The molecular formula is C29H33ClN2O. The monoisotopic (exact) mass is 460 g/mol. The first-order valence-electron chi connectivity index (χ1n) is 12.0. The SMILES string of the molecule is Cl.O=C(NCCCCN1CCC(c2ccccc2)CC1)c1ccc2c(c1)Cc1ccccc1-2. The summed E-state index contributed by atoms with van der Waals surface area (Å²) in [6.45, 7) is 4.25. The molecule has 1 N–H and O–H groups in total. The standard InChI is InChI=1S/C29H32N2O.ClH/c32-29(25-12-13-28-26(21-25)20-24-10-4-5-11-27(24)28)30-16-6-7-17-31-18-14-23(15-19-31)22-8-2-1-3-9-22;/h1-5,8-13,21,23H,6-7,14-20H2,(H,30,32);1H. The van der Waals surface area contributed by atoms with Gasteiger partial charge in [-0.2, -0.15) is 0 Å². The predicted octanol–water partition coefficient (Wildman–Crippen LogP) is 6.07. The van der Waals surface area contributed by atoms with Crippen molar-refractivity contribution in [2.75, 3.05) is 26.2 Å². The fourth-order valence-electron chi connectivity index (χ4n) is 5.27. The van der Waals surface area contributed by atoms with Gasteiger partial charge in [0.25, 0.3) is 5.91 Å². The summed E-state index contributed by atoms with van der Waals surface area (Å²) in [5.74, 6) is 0.763. The molecule has 0 spiro atoms. The Morgan fingerprint density at radius 2 is 1.58 bits per heavy atom. The summed E-state index contributed by atoms with van der Waals surface area (Å²) in [6, 6.07) is 25.6. The number of carbonyl (C=O) groups is 1. The van der Waals surface area contributed by atoms with Crippen molar-refractivity contribution >= 4 is 18.3 Å². The second kappa shape index (κ2) is 11.0. The molecule has 1 heterocycles. The number of hydrogen-bond donors (Lipinski definition) is 1. The summed E-state index contributed by atoms with van der Waals surface area (Å²) in [5.41, 5.74) is 7.46. The summed E-state index contributed by atoms with van der Waals surface area (Å²) in [4.78, 5) is 15.2. The zero-order valence-electron chi connectivity index (χ0n) is 19.1. The molecule has 172 valence electrons. The van der Waals surface area contributed by atoms with Gasteiger partial charge in [-0.15, -0.1) is 12.4 Å². The van der Waals surface area contributed by atoms with E-state index in [-0.39, 0.29) is 18.3 Å². The first kappa shape index (κ1) is 23.5. The highest BCUT2D eigenvalue weighted by atomic mass is 35.5. The molecule has 1 fully saturated rings. The number of nitrogens with one attached hydrogen (secondary N) is 1. The molecule has 3 nitrogen and oxygen atoms in total. The lowest BCUT2D eigenvalue weighted by atomic mass is 9.89. The quantitative estimate of drug-likeness (QED) is 0.339. The predicted molar refractivity (Wildman–Crippen MR) is 138 cm³/mol. The molecule has 3 aromatic rings. The van der Waals surface area contributed by atoms with E-state index < -0.39 is 0 Å². The zero-order valence-corrected chi connectivity index (χ0v) is 19.9. The van der Waals surface area contributed by atoms with E-state index in [0.29, 0.717) is 5.92 Å². The molecule has 3 aromatic carbocycles. The number of benzene rings is 3. The number of halogens is 1. The normalized spacial score (nSPS) is 15.4. The third-order valence-corrected chi connectivity index (χ3v) is 7.10. The van der Waals surface area contributed by atoms with Gasteiger partial charge in [-0.1, -0.05) is 60.7 Å². The average molecular weight is 461 g/mol. The Hall–Kier alpha value is -2.62. The van der Waals surface area contributed by atoms with Crippen molar-refractivity contribution in [2.24, 2.45) is 0 Å². The molecule has 33 heavy (non-hydrogen) atoms. The van der Waals surface area contributed by atoms with Gasteiger partial charge in [-0.25, -0.2) is 0 Å². The fraction of sp³-hybridized carbons (Fsp3) is 0.345. The maximum Gasteiger partial charge on any atom is 0.251 e. The first-order valence-corrected chi connectivity index (χ1v) is 12.0. The second-order valence-corrected chi connectivity index (χ2v) is 9.20. The van der Waals surface area contributed by atoms with Crippen LogP contribution in [0.2, 0.25) is 0 Å². The van der Waals surface area contributed by atoms with Crippen molar-refractivity contribution < 1.29 is 4.79 Å². The Labute approximate surface area is 203 Å². The van der Waals surface area contributed by atoms with Crippen LogP contribution in [-0.4, -0.2) is 37.0 Å². The molecule has 0 radical (unpaired) electrons. The third-order valence-electron chi connectivity index (χ3n) is 7.10. The van der Waals surface area contributed by atoms with E-state index in [1.54, 1.807) is 0 Å². The Kier molecular flexibility index (Phi) is 7.85. The van der Waals surface area contributed by atoms with Gasteiger partial charge < -0.3 is 10.2 Å². The minimum atomic E-state index is 0. The maximum absolute atomic E-state index is 12.6. The molecule has 1 aliphatic carbocycles. The van der Waals surface area contributed by atoms with Gasteiger partial charge in [0.05, 0.1) is 0 Å². The van der Waals surface area contributed by atoms with E-state index in [4.69, 9.17) is 0 Å². The number of fused-ring (bicyclic) bond motifs is 3. The Bertz CT molecular complexity index is 1070. The van der Waals surface area contributed by atoms with Crippen LogP contribution in [-0.2, 0) is 6.42 Å². The average Bonchev–Trinajstić information content (AvgIpc) is 3.22. The maximum atomic E-state index is 12.6. The summed E-state index contributed by atoms with van der Waals surface area (Å²) in [5, 5.41) is 3.12.